The number of nitrogens with zero attached hydrogens (tertiary/aromatic N) is 1. The molecule has 2 N–H and O–H groups in total. The zero-order valence-electron chi connectivity index (χ0n) is 15.8. The van der Waals surface area contributed by atoms with Crippen LogP contribution < -0.4 is 15.4 Å². The van der Waals surface area contributed by atoms with Crippen LogP contribution in [-0.2, 0) is 6.54 Å². The van der Waals surface area contributed by atoms with Crippen molar-refractivity contribution >= 4 is 28.9 Å². The fraction of sp³-hybridized carbons (Fsp3) is 0.182. The molecule has 3 aromatic rings. The minimum atomic E-state index is -0.188. The topological polar surface area (TPSA) is 63.2 Å². The first kappa shape index (κ1) is 19.7. The van der Waals surface area contributed by atoms with Crippen molar-refractivity contribution in [2.24, 2.45) is 0 Å². The average molecular weight is 396 g/mol. The van der Waals surface area contributed by atoms with Crippen LogP contribution in [0.4, 0.5) is 11.4 Å². The van der Waals surface area contributed by atoms with Crippen LogP contribution in [0.25, 0.3) is 0 Å². The van der Waals surface area contributed by atoms with E-state index in [1.165, 1.54) is 0 Å². The third kappa shape index (κ3) is 5.72. The fourth-order valence-corrected chi connectivity index (χ4v) is 2.70. The number of benzene rings is 2. The number of hydrogen-bond donors (Lipinski definition) is 2. The van der Waals surface area contributed by atoms with E-state index < -0.39 is 0 Å². The molecule has 0 aliphatic rings. The molecular formula is C22H22ClN3O2. The summed E-state index contributed by atoms with van der Waals surface area (Å²) in [4.78, 5) is 16.6. The number of pyridine rings is 1. The summed E-state index contributed by atoms with van der Waals surface area (Å²) in [5.41, 5.74) is 3.08. The first-order chi connectivity index (χ1) is 13.5. The Balaban J connectivity index is 1.61. The maximum atomic E-state index is 12.4. The maximum Gasteiger partial charge on any atom is 0.253 e. The van der Waals surface area contributed by atoms with Gasteiger partial charge in [-0.1, -0.05) is 23.7 Å². The SMILES string of the molecule is CC(C)Oc1ccc(Nc2cncc(C(=O)NCc3ccc(Cl)cc3)c2)cc1. The lowest BCUT2D eigenvalue weighted by Gasteiger charge is -2.11. The van der Waals surface area contributed by atoms with E-state index in [0.29, 0.717) is 17.1 Å². The van der Waals surface area contributed by atoms with E-state index >= 15 is 0 Å². The molecule has 0 fully saturated rings. The van der Waals surface area contributed by atoms with Gasteiger partial charge < -0.3 is 15.4 Å². The first-order valence-electron chi connectivity index (χ1n) is 9.01. The summed E-state index contributed by atoms with van der Waals surface area (Å²) in [5, 5.41) is 6.80. The fourth-order valence-electron chi connectivity index (χ4n) is 2.57. The van der Waals surface area contributed by atoms with Crippen molar-refractivity contribution in [3.8, 4) is 5.75 Å². The molecule has 144 valence electrons. The van der Waals surface area contributed by atoms with Gasteiger partial charge in [-0.15, -0.1) is 0 Å². The van der Waals surface area contributed by atoms with Crippen LogP contribution >= 0.6 is 11.6 Å². The lowest BCUT2D eigenvalue weighted by molar-refractivity contribution is 0.0950. The number of carbonyl (C=O) groups is 1. The summed E-state index contributed by atoms with van der Waals surface area (Å²) in [6, 6.07) is 16.8. The van der Waals surface area contributed by atoms with Crippen molar-refractivity contribution in [1.82, 2.24) is 10.3 Å². The van der Waals surface area contributed by atoms with Crippen molar-refractivity contribution in [2.45, 2.75) is 26.5 Å². The molecule has 1 aromatic heterocycles. The van der Waals surface area contributed by atoms with Crippen LogP contribution in [0.5, 0.6) is 5.75 Å². The normalized spacial score (nSPS) is 10.6. The highest BCUT2D eigenvalue weighted by atomic mass is 35.5. The largest absolute Gasteiger partial charge is 0.491 e. The molecule has 0 atom stereocenters. The van der Waals surface area contributed by atoms with Gasteiger partial charge in [-0.3, -0.25) is 9.78 Å². The van der Waals surface area contributed by atoms with Crippen LogP contribution in [0.15, 0.2) is 67.0 Å². The van der Waals surface area contributed by atoms with Gasteiger partial charge in [-0.2, -0.15) is 0 Å². The van der Waals surface area contributed by atoms with Gasteiger partial charge in [0.2, 0.25) is 0 Å². The number of rotatable bonds is 7. The second kappa shape index (κ2) is 9.24. The number of halogens is 1. The highest BCUT2D eigenvalue weighted by Gasteiger charge is 2.07. The van der Waals surface area contributed by atoms with Gasteiger partial charge in [0.25, 0.3) is 5.91 Å². The average Bonchev–Trinajstić information content (AvgIpc) is 2.69. The first-order valence-corrected chi connectivity index (χ1v) is 9.39. The highest BCUT2D eigenvalue weighted by molar-refractivity contribution is 6.30. The minimum Gasteiger partial charge on any atom is -0.491 e. The Kier molecular flexibility index (Phi) is 6.50. The molecule has 5 nitrogen and oxygen atoms in total. The summed E-state index contributed by atoms with van der Waals surface area (Å²) in [7, 11) is 0. The van der Waals surface area contributed by atoms with Gasteiger partial charge >= 0.3 is 0 Å². The molecule has 1 heterocycles. The molecule has 0 aliphatic carbocycles. The molecule has 2 aromatic carbocycles. The van der Waals surface area contributed by atoms with Gasteiger partial charge in [-0.05, 0) is 61.9 Å². The van der Waals surface area contributed by atoms with Gasteiger partial charge in [0.15, 0.2) is 0 Å². The van der Waals surface area contributed by atoms with E-state index in [1.807, 2.05) is 50.2 Å². The van der Waals surface area contributed by atoms with Crippen molar-refractivity contribution in [3.05, 3.63) is 83.1 Å². The zero-order valence-corrected chi connectivity index (χ0v) is 16.5. The lowest BCUT2D eigenvalue weighted by Crippen LogP contribution is -2.23. The Morgan fingerprint density at radius 1 is 1.04 bits per heavy atom. The quantitative estimate of drug-likeness (QED) is 0.577. The van der Waals surface area contributed by atoms with Crippen LogP contribution in [0.2, 0.25) is 5.02 Å². The van der Waals surface area contributed by atoms with E-state index in [1.54, 1.807) is 30.6 Å². The maximum absolute atomic E-state index is 12.4. The number of ether oxygens (including phenoxy) is 1. The van der Waals surface area contributed by atoms with Gasteiger partial charge in [0.1, 0.15) is 5.75 Å². The summed E-state index contributed by atoms with van der Waals surface area (Å²) in [6.45, 7) is 4.40. The van der Waals surface area contributed by atoms with E-state index in [-0.39, 0.29) is 12.0 Å². The van der Waals surface area contributed by atoms with Crippen LogP contribution in [0.1, 0.15) is 29.8 Å². The molecule has 0 bridgehead atoms. The number of amides is 1. The molecule has 28 heavy (non-hydrogen) atoms. The molecule has 0 aliphatic heterocycles. The monoisotopic (exact) mass is 395 g/mol. The molecule has 0 saturated carbocycles. The summed E-state index contributed by atoms with van der Waals surface area (Å²) >= 11 is 5.88. The molecule has 0 spiro atoms. The van der Waals surface area contributed by atoms with Crippen LogP contribution in [0.3, 0.4) is 0 Å². The molecule has 0 unspecified atom stereocenters. The Morgan fingerprint density at radius 2 is 1.75 bits per heavy atom. The predicted molar refractivity (Wildman–Crippen MR) is 112 cm³/mol. The van der Waals surface area contributed by atoms with E-state index in [9.17, 15) is 4.79 Å². The van der Waals surface area contributed by atoms with Crippen LogP contribution in [-0.4, -0.2) is 17.0 Å². The van der Waals surface area contributed by atoms with E-state index in [4.69, 9.17) is 16.3 Å². The Bertz CT molecular complexity index is 925. The predicted octanol–water partition coefficient (Wildman–Crippen LogP) is 5.20. The van der Waals surface area contributed by atoms with Gasteiger partial charge in [-0.25, -0.2) is 0 Å². The summed E-state index contributed by atoms with van der Waals surface area (Å²) in [6.07, 6.45) is 3.35. The van der Waals surface area contributed by atoms with E-state index in [2.05, 4.69) is 15.6 Å². The third-order valence-corrected chi connectivity index (χ3v) is 4.13. The van der Waals surface area contributed by atoms with Gasteiger partial charge in [0, 0.05) is 23.5 Å². The molecular weight excluding hydrogens is 374 g/mol. The Labute approximate surface area is 169 Å². The molecule has 0 radical (unpaired) electrons. The smallest absolute Gasteiger partial charge is 0.253 e. The minimum absolute atomic E-state index is 0.131. The zero-order chi connectivity index (χ0) is 19.9. The van der Waals surface area contributed by atoms with Crippen molar-refractivity contribution in [3.63, 3.8) is 0 Å². The highest BCUT2D eigenvalue weighted by Crippen LogP contribution is 2.21. The standard InChI is InChI=1S/C22H22ClN3O2/c1-15(2)28-21-9-7-19(8-10-21)26-20-11-17(13-24-14-20)22(27)25-12-16-3-5-18(23)6-4-16/h3-11,13-15,26H,12H2,1-2H3,(H,25,27). The van der Waals surface area contributed by atoms with Crippen LogP contribution in [0, 0.1) is 0 Å². The number of hydrogen-bond acceptors (Lipinski definition) is 4. The van der Waals surface area contributed by atoms with Crippen molar-refractivity contribution in [2.75, 3.05) is 5.32 Å². The molecule has 0 saturated heterocycles. The lowest BCUT2D eigenvalue weighted by atomic mass is 10.2. The number of anilines is 2. The number of carbonyl (C=O) groups excluding carboxylic acids is 1. The molecule has 3 rings (SSSR count). The van der Waals surface area contributed by atoms with Crippen molar-refractivity contribution in [1.29, 1.82) is 0 Å². The number of nitrogens with one attached hydrogen (secondary N) is 2. The van der Waals surface area contributed by atoms with Crippen molar-refractivity contribution < 1.29 is 9.53 Å². The Hall–Kier alpha value is -3.05. The van der Waals surface area contributed by atoms with E-state index in [0.717, 1.165) is 22.7 Å². The third-order valence-electron chi connectivity index (χ3n) is 3.88. The summed E-state index contributed by atoms with van der Waals surface area (Å²) in [5.74, 6) is 0.626. The number of aromatic nitrogens is 1. The second-order valence-electron chi connectivity index (χ2n) is 6.59. The summed E-state index contributed by atoms with van der Waals surface area (Å²) < 4.78 is 5.64. The second-order valence-corrected chi connectivity index (χ2v) is 7.02. The molecule has 1 amide bonds. The Morgan fingerprint density at radius 3 is 2.43 bits per heavy atom. The molecule has 6 heteroatoms. The van der Waals surface area contributed by atoms with Gasteiger partial charge in [0.05, 0.1) is 23.6 Å².